The van der Waals surface area contributed by atoms with Gasteiger partial charge < -0.3 is 15.4 Å². The summed E-state index contributed by atoms with van der Waals surface area (Å²) in [6.45, 7) is 4.24. The quantitative estimate of drug-likeness (QED) is 0.116. The Morgan fingerprint density at radius 1 is 0.766 bits per heavy atom. The normalized spacial score (nSPS) is 20.0. The molecule has 0 spiro atoms. The molecule has 1 aliphatic carbocycles. The number of Topliss-reactive ketones (excluding diaryl/α,β-unsaturated/α-hetero) is 2. The topological polar surface area (TPSA) is 176 Å². The lowest BCUT2D eigenvalue weighted by molar-refractivity contribution is -0.138. The first-order valence-electron chi connectivity index (χ1n) is 15.9. The van der Waals surface area contributed by atoms with E-state index in [4.69, 9.17) is 4.74 Å². The first-order valence-corrected chi connectivity index (χ1v) is 18.0. The van der Waals surface area contributed by atoms with Gasteiger partial charge in [-0.25, -0.2) is 0 Å². The van der Waals surface area contributed by atoms with E-state index in [9.17, 15) is 38.4 Å². The minimum atomic E-state index is -0.613. The van der Waals surface area contributed by atoms with Gasteiger partial charge in [0.05, 0.1) is 19.1 Å². The second-order valence-electron chi connectivity index (χ2n) is 11.6. The van der Waals surface area contributed by atoms with Crippen LogP contribution in [0.1, 0.15) is 52.4 Å². The van der Waals surface area contributed by atoms with Crippen LogP contribution in [0.3, 0.4) is 0 Å². The molecule has 0 saturated heterocycles. The number of imide groups is 2. The molecule has 258 valence electrons. The molecule has 15 heteroatoms. The maximum Gasteiger partial charge on any atom is 0.253 e. The van der Waals surface area contributed by atoms with Gasteiger partial charge >= 0.3 is 0 Å². The van der Waals surface area contributed by atoms with Crippen molar-refractivity contribution in [1.82, 2.24) is 20.4 Å². The third-order valence-corrected chi connectivity index (χ3v) is 11.4. The van der Waals surface area contributed by atoms with E-state index in [0.29, 0.717) is 23.2 Å². The molecule has 13 nitrogen and oxygen atoms in total. The fraction of sp³-hybridized carbons (Fsp3) is 0.625. The number of nitrogens with one attached hydrogen (secondary N) is 2. The second-order valence-corrected chi connectivity index (χ2v) is 14.1. The zero-order valence-corrected chi connectivity index (χ0v) is 28.5. The van der Waals surface area contributed by atoms with Gasteiger partial charge in [-0.05, 0) is 26.2 Å². The Morgan fingerprint density at radius 3 is 1.66 bits per heavy atom. The first kappa shape index (κ1) is 38.2. The summed E-state index contributed by atoms with van der Waals surface area (Å²) in [5.74, 6) is -2.02. The van der Waals surface area contributed by atoms with Crippen LogP contribution in [0.15, 0.2) is 24.3 Å². The maximum absolute atomic E-state index is 13.2. The van der Waals surface area contributed by atoms with Crippen LogP contribution in [0.5, 0.6) is 0 Å². The number of thioether (sulfide) groups is 2. The van der Waals surface area contributed by atoms with Crippen LogP contribution in [-0.4, -0.2) is 118 Å². The highest BCUT2D eigenvalue weighted by molar-refractivity contribution is 8.04. The molecule has 0 radical (unpaired) electrons. The van der Waals surface area contributed by atoms with Gasteiger partial charge in [0.25, 0.3) is 23.6 Å². The molecular formula is C32H44N4O9S2. The third kappa shape index (κ3) is 12.3. The van der Waals surface area contributed by atoms with E-state index >= 15 is 0 Å². The van der Waals surface area contributed by atoms with Gasteiger partial charge in [0.2, 0.25) is 11.8 Å². The average molecular weight is 693 g/mol. The van der Waals surface area contributed by atoms with Gasteiger partial charge in [-0.1, -0.05) is 6.92 Å². The molecule has 4 unspecified atom stereocenters. The highest BCUT2D eigenvalue weighted by Crippen LogP contribution is 2.41. The Hall–Kier alpha value is -3.30. The van der Waals surface area contributed by atoms with Crippen LogP contribution in [0.25, 0.3) is 0 Å². The number of rotatable bonds is 23. The molecule has 2 heterocycles. The summed E-state index contributed by atoms with van der Waals surface area (Å²) in [6.07, 6.45) is 7.78. The van der Waals surface area contributed by atoms with Gasteiger partial charge in [0.1, 0.15) is 11.6 Å². The summed E-state index contributed by atoms with van der Waals surface area (Å²) in [4.78, 5) is 98.9. The number of carbonyl (C=O) groups is 8. The summed E-state index contributed by atoms with van der Waals surface area (Å²) >= 11 is 3.35. The summed E-state index contributed by atoms with van der Waals surface area (Å²) in [6, 6.07) is 0. The lowest BCUT2D eigenvalue weighted by Gasteiger charge is -2.37. The minimum absolute atomic E-state index is 0.00231. The van der Waals surface area contributed by atoms with Crippen molar-refractivity contribution >= 4 is 70.5 Å². The fourth-order valence-corrected chi connectivity index (χ4v) is 8.35. The van der Waals surface area contributed by atoms with Crippen LogP contribution < -0.4 is 10.6 Å². The molecule has 0 aromatic rings. The van der Waals surface area contributed by atoms with Crippen molar-refractivity contribution < 1.29 is 43.1 Å². The summed E-state index contributed by atoms with van der Waals surface area (Å²) in [5, 5.41) is 6.16. The predicted molar refractivity (Wildman–Crippen MR) is 177 cm³/mol. The van der Waals surface area contributed by atoms with E-state index in [1.807, 2.05) is 6.92 Å². The number of hydrogen-bond acceptors (Lipinski definition) is 11. The number of amides is 6. The lowest BCUT2D eigenvalue weighted by Crippen LogP contribution is -2.42. The Morgan fingerprint density at radius 2 is 1.21 bits per heavy atom. The van der Waals surface area contributed by atoms with Gasteiger partial charge in [-0.2, -0.15) is 23.5 Å². The third-order valence-electron chi connectivity index (χ3n) is 8.08. The van der Waals surface area contributed by atoms with E-state index in [1.54, 1.807) is 23.5 Å². The summed E-state index contributed by atoms with van der Waals surface area (Å²) in [5.41, 5.74) is 0. The van der Waals surface area contributed by atoms with Crippen LogP contribution >= 0.6 is 23.5 Å². The largest absolute Gasteiger partial charge is 0.381 e. The fourth-order valence-electron chi connectivity index (χ4n) is 4.96. The van der Waals surface area contributed by atoms with Crippen molar-refractivity contribution in [3.8, 4) is 0 Å². The Labute approximate surface area is 283 Å². The Bertz CT molecular complexity index is 1230. The SMILES string of the molecule is CCC(CSC1CCC1SCC(CC(=O)CCOCCC(C)=O)C(=O)NCCN1C(=O)C=CC1=O)C(=O)NCCN1C(=O)C=CC1=O. The lowest BCUT2D eigenvalue weighted by atomic mass is 9.99. The maximum atomic E-state index is 13.2. The Balaban J connectivity index is 1.45. The van der Waals surface area contributed by atoms with Crippen LogP contribution in [0, 0.1) is 11.8 Å². The summed E-state index contributed by atoms with van der Waals surface area (Å²) in [7, 11) is 0. The molecule has 6 amide bonds. The van der Waals surface area contributed by atoms with E-state index in [0.717, 1.165) is 22.6 Å². The van der Waals surface area contributed by atoms with E-state index in [1.165, 1.54) is 31.2 Å². The van der Waals surface area contributed by atoms with Crippen molar-refractivity contribution in [2.45, 2.75) is 62.9 Å². The van der Waals surface area contributed by atoms with Gasteiger partial charge in [0.15, 0.2) is 0 Å². The highest BCUT2D eigenvalue weighted by Gasteiger charge is 2.35. The molecule has 2 N–H and O–H groups in total. The number of ether oxygens (including phenoxy) is 1. The first-order chi connectivity index (χ1) is 22.5. The van der Waals surface area contributed by atoms with E-state index in [2.05, 4.69) is 10.6 Å². The van der Waals surface area contributed by atoms with Crippen LogP contribution in [0.2, 0.25) is 0 Å². The predicted octanol–water partition coefficient (Wildman–Crippen LogP) is 1.05. The molecule has 1 fully saturated rings. The van der Waals surface area contributed by atoms with E-state index in [-0.39, 0.29) is 105 Å². The molecule has 3 rings (SSSR count). The standard InChI is InChI=1S/C32H44N4O9S2/c1-3-22(31(43)33-12-14-35-27(39)6-7-28(35)40)19-46-25-4-5-26(25)47-20-23(18-24(38)11-17-45-16-10-21(2)37)32(44)34-13-15-36-29(41)8-9-30(36)42/h6-9,22-23,25-26H,3-5,10-20H2,1-2H3,(H,33,43)(H,34,44). The second kappa shape index (κ2) is 19.5. The Kier molecular flexibility index (Phi) is 15.8. The molecular weight excluding hydrogens is 649 g/mol. The number of carbonyl (C=O) groups excluding carboxylic acids is 8. The molecule has 4 atom stereocenters. The van der Waals surface area contributed by atoms with Crippen molar-refractivity contribution in [3.05, 3.63) is 24.3 Å². The molecule has 0 aromatic heterocycles. The molecule has 2 aliphatic heterocycles. The van der Waals surface area contributed by atoms with Crippen molar-refractivity contribution in [2.75, 3.05) is 50.9 Å². The van der Waals surface area contributed by atoms with Gasteiger partial charge in [0, 0.05) is 97.7 Å². The smallest absolute Gasteiger partial charge is 0.253 e. The molecule has 3 aliphatic rings. The van der Waals surface area contributed by atoms with Crippen LogP contribution in [0.4, 0.5) is 0 Å². The average Bonchev–Trinajstić information content (AvgIpc) is 3.51. The zero-order valence-electron chi connectivity index (χ0n) is 26.9. The molecule has 47 heavy (non-hydrogen) atoms. The van der Waals surface area contributed by atoms with Crippen molar-refractivity contribution in [1.29, 1.82) is 0 Å². The number of nitrogens with zero attached hydrogens (tertiary/aromatic N) is 2. The van der Waals surface area contributed by atoms with E-state index < -0.39 is 17.7 Å². The van der Waals surface area contributed by atoms with Crippen LogP contribution in [-0.2, 0) is 43.1 Å². The highest BCUT2D eigenvalue weighted by atomic mass is 32.2. The molecule has 0 bridgehead atoms. The van der Waals surface area contributed by atoms with Crippen molar-refractivity contribution in [3.63, 3.8) is 0 Å². The zero-order chi connectivity index (χ0) is 34.3. The summed E-state index contributed by atoms with van der Waals surface area (Å²) < 4.78 is 5.38. The van der Waals surface area contributed by atoms with Crippen molar-refractivity contribution in [2.24, 2.45) is 11.8 Å². The van der Waals surface area contributed by atoms with Gasteiger partial charge in [-0.3, -0.25) is 48.2 Å². The molecule has 1 saturated carbocycles. The number of ketones is 2. The monoisotopic (exact) mass is 692 g/mol. The number of hydrogen-bond donors (Lipinski definition) is 2. The molecule has 0 aromatic carbocycles. The minimum Gasteiger partial charge on any atom is -0.381 e. The van der Waals surface area contributed by atoms with Gasteiger partial charge in [-0.15, -0.1) is 0 Å².